The van der Waals surface area contributed by atoms with Crippen LogP contribution in [0, 0.1) is 39.9 Å². The molecule has 48 heavy (non-hydrogen) atoms. The Morgan fingerprint density at radius 1 is 0.438 bits per heavy atom. The van der Waals surface area contributed by atoms with Gasteiger partial charge in [-0.15, -0.1) is 0 Å². The SMILES string of the molecule is CCN(OC)C(C)=O.CCN(OC)C(C)=O.CCN(OC)C(C)=O.CCN(OC)C(C)=O.CCN(OC)C(C)=O.NCCNCCN.[Gd]. The van der Waals surface area contributed by atoms with E-state index in [1.165, 1.54) is 95.5 Å². The minimum absolute atomic E-state index is 0. The van der Waals surface area contributed by atoms with E-state index in [0.29, 0.717) is 45.8 Å². The van der Waals surface area contributed by atoms with Crippen molar-refractivity contribution in [3.8, 4) is 0 Å². The van der Waals surface area contributed by atoms with Gasteiger partial charge in [0.15, 0.2) is 0 Å². The molecule has 0 heterocycles. The average molecular weight is 846 g/mol. The van der Waals surface area contributed by atoms with E-state index in [1.54, 1.807) is 0 Å². The standard InChI is InChI=1S/5C5H11NO2.C4H13N3.Gd/c5*1-4-6(8-3)5(2)7;5-1-3-7-4-2-6;/h5*4H2,1-3H3;7H,1-6H2;. The van der Waals surface area contributed by atoms with Gasteiger partial charge in [0.1, 0.15) is 0 Å². The Hall–Kier alpha value is -1.65. The fourth-order valence-corrected chi connectivity index (χ4v) is 2.73. The van der Waals surface area contributed by atoms with Crippen molar-refractivity contribution >= 4 is 29.5 Å². The Bertz CT molecular complexity index is 607. The molecule has 0 fully saturated rings. The Labute approximate surface area is 321 Å². The zero-order chi connectivity index (χ0) is 38.4. The number of hydrogen-bond donors (Lipinski definition) is 3. The summed E-state index contributed by atoms with van der Waals surface area (Å²) in [4.78, 5) is 75.3. The summed E-state index contributed by atoms with van der Waals surface area (Å²) >= 11 is 0. The van der Waals surface area contributed by atoms with E-state index in [-0.39, 0.29) is 69.5 Å². The van der Waals surface area contributed by atoms with Crippen LogP contribution in [-0.4, -0.2) is 149 Å². The van der Waals surface area contributed by atoms with Crippen LogP contribution < -0.4 is 16.8 Å². The first-order valence-corrected chi connectivity index (χ1v) is 15.2. The largest absolute Gasteiger partial charge is 0.329 e. The van der Waals surface area contributed by atoms with Crippen LogP contribution in [0.2, 0.25) is 0 Å². The molecule has 0 aromatic heterocycles. The van der Waals surface area contributed by atoms with Gasteiger partial charge in [-0.1, -0.05) is 0 Å². The monoisotopic (exact) mass is 846 g/mol. The second-order valence-electron chi connectivity index (χ2n) is 8.31. The van der Waals surface area contributed by atoms with E-state index < -0.39 is 0 Å². The Morgan fingerprint density at radius 3 is 0.625 bits per heavy atom. The molecule has 0 rings (SSSR count). The van der Waals surface area contributed by atoms with E-state index in [1.807, 2.05) is 34.6 Å². The topological polar surface area (TPSA) is 212 Å². The number of hydrogen-bond acceptors (Lipinski definition) is 13. The predicted molar refractivity (Wildman–Crippen MR) is 181 cm³/mol. The maximum Gasteiger partial charge on any atom is 0.242 e. The number of carbonyl (C=O) groups excluding carboxylic acids is 5. The molecule has 0 spiro atoms. The molecule has 0 aliphatic heterocycles. The maximum atomic E-state index is 10.4. The van der Waals surface area contributed by atoms with Crippen molar-refractivity contribution in [1.82, 2.24) is 30.6 Å². The zero-order valence-electron chi connectivity index (χ0n) is 32.2. The van der Waals surface area contributed by atoms with Gasteiger partial charge in [-0.2, -0.15) is 0 Å². The molecule has 5 amide bonds. The second kappa shape index (κ2) is 47.5. The third-order valence-electron chi connectivity index (χ3n) is 4.94. The molecule has 292 valence electrons. The first kappa shape index (κ1) is 61.6. The van der Waals surface area contributed by atoms with Crippen LogP contribution >= 0.6 is 0 Å². The van der Waals surface area contributed by atoms with Crippen molar-refractivity contribution in [3.05, 3.63) is 0 Å². The number of nitrogens with two attached hydrogens (primary N) is 2. The Balaban J connectivity index is -0.0000000837. The van der Waals surface area contributed by atoms with Gasteiger partial charge in [0.05, 0.1) is 35.5 Å². The average Bonchev–Trinajstić information content (AvgIpc) is 3.01. The van der Waals surface area contributed by atoms with Crippen molar-refractivity contribution in [1.29, 1.82) is 0 Å². The minimum atomic E-state index is -0.0602. The van der Waals surface area contributed by atoms with Crippen molar-refractivity contribution in [3.63, 3.8) is 0 Å². The van der Waals surface area contributed by atoms with Gasteiger partial charge >= 0.3 is 0 Å². The first-order valence-electron chi connectivity index (χ1n) is 15.2. The number of carbonyl (C=O) groups is 5. The summed E-state index contributed by atoms with van der Waals surface area (Å²) < 4.78 is 0. The minimum Gasteiger partial charge on any atom is -0.329 e. The van der Waals surface area contributed by atoms with Crippen LogP contribution in [0.1, 0.15) is 69.2 Å². The van der Waals surface area contributed by atoms with Crippen LogP contribution in [0.15, 0.2) is 0 Å². The molecule has 0 aromatic rings. The summed E-state index contributed by atoms with van der Waals surface area (Å²) in [5.74, 6) is -0.301. The van der Waals surface area contributed by atoms with E-state index in [2.05, 4.69) is 29.5 Å². The van der Waals surface area contributed by atoms with E-state index in [4.69, 9.17) is 11.5 Å². The van der Waals surface area contributed by atoms with Crippen LogP contribution in [-0.2, 0) is 48.2 Å². The number of amides is 5. The zero-order valence-corrected chi connectivity index (χ0v) is 34.5. The van der Waals surface area contributed by atoms with Crippen molar-refractivity contribution in [2.24, 2.45) is 11.5 Å². The van der Waals surface area contributed by atoms with Crippen molar-refractivity contribution in [2.75, 3.05) is 94.5 Å². The molecule has 0 unspecified atom stereocenters. The summed E-state index contributed by atoms with van der Waals surface area (Å²) in [5.41, 5.74) is 10.3. The summed E-state index contributed by atoms with van der Waals surface area (Å²) in [6, 6.07) is 0. The molecule has 0 aliphatic rings. The van der Waals surface area contributed by atoms with Crippen molar-refractivity contribution in [2.45, 2.75) is 69.2 Å². The normalized spacial score (nSPS) is 8.77. The quantitative estimate of drug-likeness (QED) is 0.162. The molecule has 0 saturated heterocycles. The molecule has 18 nitrogen and oxygen atoms in total. The Kier molecular flexibility index (Phi) is 60.9. The van der Waals surface area contributed by atoms with Gasteiger partial charge in [-0.05, 0) is 34.6 Å². The third-order valence-corrected chi connectivity index (χ3v) is 4.94. The van der Waals surface area contributed by atoms with Gasteiger partial charge in [0.25, 0.3) is 0 Å². The molecule has 19 heteroatoms. The number of nitrogens with zero attached hydrogens (tertiary/aromatic N) is 5. The molecular weight excluding hydrogens is 778 g/mol. The second-order valence-corrected chi connectivity index (χ2v) is 8.31. The van der Waals surface area contributed by atoms with Gasteiger partial charge in [-0.25, -0.2) is 25.3 Å². The molecule has 0 aromatic carbocycles. The fourth-order valence-electron chi connectivity index (χ4n) is 2.73. The number of rotatable bonds is 14. The van der Waals surface area contributed by atoms with Crippen LogP contribution in [0.25, 0.3) is 0 Å². The molecular formula is C29H68GdN8O10. The van der Waals surface area contributed by atoms with Crippen molar-refractivity contribution < 1.29 is 88.1 Å². The third kappa shape index (κ3) is 46.5. The van der Waals surface area contributed by atoms with Gasteiger partial charge < -0.3 is 16.8 Å². The van der Waals surface area contributed by atoms with Crippen LogP contribution in [0.4, 0.5) is 0 Å². The smallest absolute Gasteiger partial charge is 0.242 e. The van der Waals surface area contributed by atoms with Gasteiger partial charge in [0, 0.05) is 133 Å². The molecule has 5 N–H and O–H groups in total. The molecule has 0 bridgehead atoms. The summed E-state index contributed by atoms with van der Waals surface area (Å²) in [7, 11) is 7.39. The number of nitrogens with one attached hydrogen (secondary N) is 1. The molecule has 0 aliphatic carbocycles. The summed E-state index contributed by atoms with van der Waals surface area (Å²) in [5, 5.41) is 9.42. The molecule has 0 atom stereocenters. The van der Waals surface area contributed by atoms with Gasteiger partial charge in [0.2, 0.25) is 29.5 Å². The van der Waals surface area contributed by atoms with Gasteiger partial charge in [-0.3, -0.25) is 48.2 Å². The summed E-state index contributed by atoms with van der Waals surface area (Å²) in [6.45, 7) is 22.7. The molecule has 0 radical (unpaired) electrons. The van der Waals surface area contributed by atoms with E-state index >= 15 is 0 Å². The Morgan fingerprint density at radius 2 is 0.583 bits per heavy atom. The summed E-state index contributed by atoms with van der Waals surface area (Å²) in [6.07, 6.45) is 0. The first-order chi connectivity index (χ1) is 22.0. The predicted octanol–water partition coefficient (Wildman–Crippen LogP) is 0.574. The van der Waals surface area contributed by atoms with E-state index in [9.17, 15) is 24.0 Å². The van der Waals surface area contributed by atoms with Crippen LogP contribution in [0.3, 0.4) is 0 Å². The maximum absolute atomic E-state index is 10.4. The molecule has 0 saturated carbocycles. The number of hydroxylamine groups is 10. The van der Waals surface area contributed by atoms with E-state index in [0.717, 1.165) is 13.1 Å². The fraction of sp³-hybridized carbons (Fsp3) is 0.828. The van der Waals surface area contributed by atoms with Crippen LogP contribution in [0.5, 0.6) is 0 Å².